The average molecular weight is 463 g/mol. The van der Waals surface area contributed by atoms with Gasteiger partial charge >= 0.3 is 16.4 Å². The Balaban J connectivity index is 2.07. The highest BCUT2D eigenvalue weighted by Gasteiger charge is 2.31. The molecule has 1 aromatic heterocycles. The fraction of sp³-hybridized carbons (Fsp3) is 0.353. The SMILES string of the molecule is CC(=O)NCCN(C)S(=O)(=O)NC(=O)c1coc(Nc2cc(C(F)(F)F)ccc2C)n1. The summed E-state index contributed by atoms with van der Waals surface area (Å²) in [4.78, 5) is 26.8. The molecule has 0 radical (unpaired) electrons. The molecular formula is C17H20F3N5O5S. The number of aromatic nitrogens is 1. The Morgan fingerprint density at radius 3 is 2.55 bits per heavy atom. The molecule has 0 bridgehead atoms. The number of oxazole rings is 1. The molecule has 1 aromatic carbocycles. The van der Waals surface area contributed by atoms with Crippen LogP contribution in [0.15, 0.2) is 28.9 Å². The van der Waals surface area contributed by atoms with E-state index in [1.807, 2.05) is 0 Å². The summed E-state index contributed by atoms with van der Waals surface area (Å²) in [5.74, 6) is -1.45. The van der Waals surface area contributed by atoms with Crippen LogP contribution in [0, 0.1) is 6.92 Å². The molecule has 0 aliphatic rings. The van der Waals surface area contributed by atoms with E-state index >= 15 is 0 Å². The summed E-state index contributed by atoms with van der Waals surface area (Å²) in [6, 6.07) is 2.73. The van der Waals surface area contributed by atoms with Crippen LogP contribution in [-0.2, 0) is 21.2 Å². The number of amides is 2. The summed E-state index contributed by atoms with van der Waals surface area (Å²) in [6.45, 7) is 2.77. The number of hydrogen-bond donors (Lipinski definition) is 3. The maximum absolute atomic E-state index is 12.9. The maximum atomic E-state index is 12.9. The van der Waals surface area contributed by atoms with Crippen molar-refractivity contribution in [3.05, 3.63) is 41.3 Å². The van der Waals surface area contributed by atoms with Gasteiger partial charge in [0, 0.05) is 32.7 Å². The number of rotatable bonds is 8. The molecule has 0 saturated carbocycles. The molecule has 3 N–H and O–H groups in total. The first-order chi connectivity index (χ1) is 14.3. The van der Waals surface area contributed by atoms with Gasteiger partial charge in [0.15, 0.2) is 5.69 Å². The highest BCUT2D eigenvalue weighted by atomic mass is 32.2. The molecule has 0 saturated heterocycles. The predicted molar refractivity (Wildman–Crippen MR) is 104 cm³/mol. The monoisotopic (exact) mass is 463 g/mol. The van der Waals surface area contributed by atoms with Crippen LogP contribution in [0.2, 0.25) is 0 Å². The van der Waals surface area contributed by atoms with Crippen LogP contribution in [0.3, 0.4) is 0 Å². The van der Waals surface area contributed by atoms with E-state index in [2.05, 4.69) is 15.6 Å². The largest absolute Gasteiger partial charge is 0.431 e. The van der Waals surface area contributed by atoms with E-state index in [1.165, 1.54) is 20.0 Å². The van der Waals surface area contributed by atoms with E-state index in [0.29, 0.717) is 5.56 Å². The predicted octanol–water partition coefficient (Wildman–Crippen LogP) is 1.79. The van der Waals surface area contributed by atoms with Crippen LogP contribution < -0.4 is 15.4 Å². The topological polar surface area (TPSA) is 134 Å². The van der Waals surface area contributed by atoms with Crippen molar-refractivity contribution in [2.45, 2.75) is 20.0 Å². The Labute approximate surface area is 176 Å². The van der Waals surface area contributed by atoms with E-state index in [1.54, 1.807) is 11.6 Å². The van der Waals surface area contributed by atoms with Gasteiger partial charge in [0.05, 0.1) is 5.56 Å². The first-order valence-electron chi connectivity index (χ1n) is 8.73. The van der Waals surface area contributed by atoms with Gasteiger partial charge in [-0.15, -0.1) is 0 Å². The van der Waals surface area contributed by atoms with Crippen LogP contribution >= 0.6 is 0 Å². The third-order valence-electron chi connectivity index (χ3n) is 3.98. The number of anilines is 2. The summed E-state index contributed by atoms with van der Waals surface area (Å²) in [5, 5.41) is 4.94. The normalized spacial score (nSPS) is 12.0. The van der Waals surface area contributed by atoms with Crippen molar-refractivity contribution in [2.75, 3.05) is 25.5 Å². The average Bonchev–Trinajstić information content (AvgIpc) is 3.10. The molecule has 14 heteroatoms. The molecule has 0 atom stereocenters. The minimum absolute atomic E-state index is 0.0370. The zero-order valence-electron chi connectivity index (χ0n) is 16.7. The minimum atomic E-state index is -4.55. The van der Waals surface area contributed by atoms with Crippen LogP contribution in [0.5, 0.6) is 0 Å². The lowest BCUT2D eigenvalue weighted by Crippen LogP contribution is -2.44. The minimum Gasteiger partial charge on any atom is -0.431 e. The van der Waals surface area contributed by atoms with Gasteiger partial charge in [-0.2, -0.15) is 30.9 Å². The van der Waals surface area contributed by atoms with E-state index in [9.17, 15) is 31.2 Å². The molecule has 0 aliphatic heterocycles. The van der Waals surface area contributed by atoms with Gasteiger partial charge in [-0.25, -0.2) is 4.72 Å². The number of aryl methyl sites for hydroxylation is 1. The smallest absolute Gasteiger partial charge is 0.416 e. The van der Waals surface area contributed by atoms with Crippen molar-refractivity contribution in [3.63, 3.8) is 0 Å². The Bertz CT molecular complexity index is 1070. The third-order valence-corrected chi connectivity index (χ3v) is 5.42. The van der Waals surface area contributed by atoms with E-state index in [-0.39, 0.29) is 30.7 Å². The first kappa shape index (κ1) is 24.1. The molecule has 1 heterocycles. The molecule has 31 heavy (non-hydrogen) atoms. The molecule has 2 rings (SSSR count). The van der Waals surface area contributed by atoms with Crippen molar-refractivity contribution in [3.8, 4) is 0 Å². The molecule has 0 spiro atoms. The maximum Gasteiger partial charge on any atom is 0.416 e. The van der Waals surface area contributed by atoms with Crippen LogP contribution in [0.4, 0.5) is 24.9 Å². The molecule has 0 aliphatic carbocycles. The Morgan fingerprint density at radius 2 is 1.94 bits per heavy atom. The fourth-order valence-electron chi connectivity index (χ4n) is 2.24. The zero-order valence-corrected chi connectivity index (χ0v) is 17.5. The lowest BCUT2D eigenvalue weighted by atomic mass is 10.1. The van der Waals surface area contributed by atoms with E-state index in [4.69, 9.17) is 4.42 Å². The fourth-order valence-corrected chi connectivity index (χ4v) is 3.07. The third kappa shape index (κ3) is 6.68. The van der Waals surface area contributed by atoms with Crippen molar-refractivity contribution in [1.29, 1.82) is 0 Å². The van der Waals surface area contributed by atoms with Crippen LogP contribution in [-0.4, -0.2) is 49.7 Å². The summed E-state index contributed by atoms with van der Waals surface area (Å²) < 4.78 is 70.6. The van der Waals surface area contributed by atoms with Gasteiger partial charge in [0.25, 0.3) is 11.9 Å². The second-order valence-corrected chi connectivity index (χ2v) is 8.21. The second kappa shape index (κ2) is 9.34. The quantitative estimate of drug-likeness (QED) is 0.543. The van der Waals surface area contributed by atoms with Gasteiger partial charge in [0.1, 0.15) is 6.26 Å². The van der Waals surface area contributed by atoms with Gasteiger partial charge in [-0.05, 0) is 24.6 Å². The van der Waals surface area contributed by atoms with E-state index in [0.717, 1.165) is 22.7 Å². The summed E-state index contributed by atoms with van der Waals surface area (Å²) in [5.41, 5.74) is -0.793. The second-order valence-electron chi connectivity index (χ2n) is 6.43. The number of alkyl halides is 3. The van der Waals surface area contributed by atoms with Gasteiger partial charge in [-0.1, -0.05) is 6.07 Å². The summed E-state index contributed by atoms with van der Waals surface area (Å²) in [7, 11) is -3.03. The van der Waals surface area contributed by atoms with Crippen LogP contribution in [0.1, 0.15) is 28.5 Å². The number of nitrogens with one attached hydrogen (secondary N) is 3. The molecule has 2 aromatic rings. The Hall–Kier alpha value is -3.13. The highest BCUT2D eigenvalue weighted by molar-refractivity contribution is 7.87. The molecular weight excluding hydrogens is 443 g/mol. The highest BCUT2D eigenvalue weighted by Crippen LogP contribution is 2.32. The molecule has 0 fully saturated rings. The Morgan fingerprint density at radius 1 is 1.26 bits per heavy atom. The Kier molecular flexibility index (Phi) is 7.28. The number of nitrogens with zero attached hydrogens (tertiary/aromatic N) is 2. The number of hydrogen-bond acceptors (Lipinski definition) is 7. The lowest BCUT2D eigenvalue weighted by molar-refractivity contribution is -0.137. The van der Waals surface area contributed by atoms with Crippen molar-refractivity contribution in [2.24, 2.45) is 0 Å². The molecule has 170 valence electrons. The number of carbonyl (C=O) groups is 2. The van der Waals surface area contributed by atoms with Gasteiger partial charge in [-0.3, -0.25) is 9.59 Å². The molecule has 10 nitrogen and oxygen atoms in total. The summed E-state index contributed by atoms with van der Waals surface area (Å²) >= 11 is 0. The number of halogens is 3. The van der Waals surface area contributed by atoms with Crippen molar-refractivity contribution in [1.82, 2.24) is 19.3 Å². The van der Waals surface area contributed by atoms with Gasteiger partial charge < -0.3 is 15.1 Å². The molecule has 0 unspecified atom stereocenters. The summed E-state index contributed by atoms with van der Waals surface area (Å²) in [6.07, 6.45) is -3.69. The zero-order chi connectivity index (χ0) is 23.4. The van der Waals surface area contributed by atoms with Crippen LogP contribution in [0.25, 0.3) is 0 Å². The van der Waals surface area contributed by atoms with Crippen molar-refractivity contribution >= 4 is 33.7 Å². The number of likely N-dealkylation sites (N-methyl/N-ethyl adjacent to an activating group) is 1. The standard InChI is InChI=1S/C17H20F3N5O5S/c1-10-4-5-12(17(18,19)20)8-13(10)22-16-23-14(9-30-16)15(27)24-31(28,29)25(3)7-6-21-11(2)26/h4-5,8-9H,6-7H2,1-3H3,(H,21,26)(H,22,23)(H,24,27). The number of benzene rings is 1. The molecule has 2 amide bonds. The number of carbonyl (C=O) groups excluding carboxylic acids is 2. The van der Waals surface area contributed by atoms with E-state index < -0.39 is 33.6 Å². The lowest BCUT2D eigenvalue weighted by Gasteiger charge is -2.17. The van der Waals surface area contributed by atoms with Gasteiger partial charge in [0.2, 0.25) is 5.91 Å². The first-order valence-corrected chi connectivity index (χ1v) is 10.2. The van der Waals surface area contributed by atoms with Crippen molar-refractivity contribution < 1.29 is 35.6 Å².